The first-order valence-corrected chi connectivity index (χ1v) is 6.06. The summed E-state index contributed by atoms with van der Waals surface area (Å²) in [6.45, 7) is 5.65. The normalized spacial score (nSPS) is 11.4. The molecule has 0 aromatic carbocycles. The van der Waals surface area contributed by atoms with Gasteiger partial charge in [-0.05, 0) is 25.3 Å². The number of thioether (sulfide) groups is 1. The molecule has 0 amide bonds. The second-order valence-electron chi connectivity index (χ2n) is 3.65. The van der Waals surface area contributed by atoms with Crippen molar-refractivity contribution in [3.8, 4) is 0 Å². The number of carbonyl (C=O) groups is 1. The van der Waals surface area contributed by atoms with E-state index in [9.17, 15) is 9.90 Å². The summed E-state index contributed by atoms with van der Waals surface area (Å²) in [5.41, 5.74) is 0.971. The Kier molecular flexibility index (Phi) is 4.29. The first kappa shape index (κ1) is 13.0. The molecule has 0 spiro atoms. The van der Waals surface area contributed by atoms with Gasteiger partial charge in [-0.25, -0.2) is 9.97 Å². The van der Waals surface area contributed by atoms with Crippen molar-refractivity contribution in [3.05, 3.63) is 18.0 Å². The van der Waals surface area contributed by atoms with E-state index in [2.05, 4.69) is 9.97 Å². The second-order valence-corrected chi connectivity index (χ2v) is 5.00. The van der Waals surface area contributed by atoms with E-state index in [0.29, 0.717) is 18.0 Å². The third kappa shape index (κ3) is 2.72. The van der Waals surface area contributed by atoms with Crippen molar-refractivity contribution in [2.45, 2.75) is 43.5 Å². The monoisotopic (exact) mass is 240 g/mol. The average Bonchev–Trinajstić information content (AvgIpc) is 2.28. The van der Waals surface area contributed by atoms with E-state index in [1.807, 2.05) is 20.8 Å². The Labute approximate surface area is 99.5 Å². The minimum absolute atomic E-state index is 0.525. The lowest BCUT2D eigenvalue weighted by molar-refractivity contribution is -0.140. The Balaban J connectivity index is 2.91. The Morgan fingerprint density at radius 3 is 2.25 bits per heavy atom. The van der Waals surface area contributed by atoms with Crippen LogP contribution >= 0.6 is 11.8 Å². The molecule has 0 aliphatic heterocycles. The number of hydrogen-bond donors (Lipinski definition) is 1. The first-order valence-electron chi connectivity index (χ1n) is 5.25. The molecule has 88 valence electrons. The SMILES string of the molecule is CCC(CC)(Sc1ncc(C)cn1)C(=O)O. The lowest BCUT2D eigenvalue weighted by Gasteiger charge is -2.24. The highest BCUT2D eigenvalue weighted by Crippen LogP contribution is 2.36. The molecule has 0 saturated carbocycles. The molecule has 0 saturated heterocycles. The van der Waals surface area contributed by atoms with Crippen LogP contribution in [0.3, 0.4) is 0 Å². The van der Waals surface area contributed by atoms with Gasteiger partial charge in [-0.2, -0.15) is 0 Å². The lowest BCUT2D eigenvalue weighted by Crippen LogP contribution is -2.33. The minimum atomic E-state index is -0.810. The number of nitrogens with zero attached hydrogens (tertiary/aromatic N) is 2. The molecule has 0 bridgehead atoms. The van der Waals surface area contributed by atoms with Crippen molar-refractivity contribution in [2.75, 3.05) is 0 Å². The highest BCUT2D eigenvalue weighted by molar-refractivity contribution is 8.01. The maximum atomic E-state index is 11.3. The molecule has 0 aliphatic carbocycles. The van der Waals surface area contributed by atoms with Gasteiger partial charge in [-0.3, -0.25) is 4.79 Å². The van der Waals surface area contributed by atoms with Crippen molar-refractivity contribution in [1.82, 2.24) is 9.97 Å². The zero-order chi connectivity index (χ0) is 12.2. The van der Waals surface area contributed by atoms with Gasteiger partial charge in [0.2, 0.25) is 0 Å². The van der Waals surface area contributed by atoms with Gasteiger partial charge in [-0.15, -0.1) is 0 Å². The number of hydrogen-bond acceptors (Lipinski definition) is 4. The van der Waals surface area contributed by atoms with Crippen LogP contribution in [0.5, 0.6) is 0 Å². The van der Waals surface area contributed by atoms with Crippen LogP contribution in [0.15, 0.2) is 17.6 Å². The largest absolute Gasteiger partial charge is 0.480 e. The van der Waals surface area contributed by atoms with Crippen molar-refractivity contribution >= 4 is 17.7 Å². The third-order valence-corrected chi connectivity index (χ3v) is 4.11. The fraction of sp³-hybridized carbons (Fsp3) is 0.545. The van der Waals surface area contributed by atoms with Crippen LogP contribution < -0.4 is 0 Å². The highest BCUT2D eigenvalue weighted by atomic mass is 32.2. The lowest BCUT2D eigenvalue weighted by atomic mass is 10.0. The second kappa shape index (κ2) is 5.30. The van der Waals surface area contributed by atoms with E-state index in [-0.39, 0.29) is 0 Å². The summed E-state index contributed by atoms with van der Waals surface area (Å²) in [6.07, 6.45) is 4.52. The Bertz CT molecular complexity index is 361. The van der Waals surface area contributed by atoms with E-state index < -0.39 is 10.7 Å². The standard InChI is InChI=1S/C11H16N2O2S/c1-4-11(5-2,9(14)15)16-10-12-6-8(3)7-13-10/h6-7H,4-5H2,1-3H3,(H,14,15). The molecule has 0 aliphatic rings. The van der Waals surface area contributed by atoms with Crippen LogP contribution in [0.4, 0.5) is 0 Å². The van der Waals surface area contributed by atoms with Crippen LogP contribution in [-0.4, -0.2) is 25.8 Å². The fourth-order valence-corrected chi connectivity index (χ4v) is 2.28. The van der Waals surface area contributed by atoms with E-state index in [1.54, 1.807) is 12.4 Å². The number of aliphatic carboxylic acids is 1. The molecule has 0 fully saturated rings. The smallest absolute Gasteiger partial charge is 0.320 e. The number of rotatable bonds is 5. The number of carboxylic acids is 1. The molecule has 16 heavy (non-hydrogen) atoms. The van der Waals surface area contributed by atoms with Crippen molar-refractivity contribution < 1.29 is 9.90 Å². The Hall–Kier alpha value is -1.10. The molecule has 4 nitrogen and oxygen atoms in total. The maximum Gasteiger partial charge on any atom is 0.320 e. The average molecular weight is 240 g/mol. The van der Waals surface area contributed by atoms with Crippen molar-refractivity contribution in [3.63, 3.8) is 0 Å². The summed E-state index contributed by atoms with van der Waals surface area (Å²) in [7, 11) is 0. The zero-order valence-electron chi connectivity index (χ0n) is 9.73. The number of aromatic nitrogens is 2. The van der Waals surface area contributed by atoms with Crippen LogP contribution in [0, 0.1) is 6.92 Å². The van der Waals surface area contributed by atoms with Crippen LogP contribution in [0.2, 0.25) is 0 Å². The van der Waals surface area contributed by atoms with Gasteiger partial charge in [0, 0.05) is 12.4 Å². The molecule has 0 radical (unpaired) electrons. The molecule has 5 heteroatoms. The van der Waals surface area contributed by atoms with E-state index in [1.165, 1.54) is 11.8 Å². The summed E-state index contributed by atoms with van der Waals surface area (Å²) in [6, 6.07) is 0. The molecular weight excluding hydrogens is 224 g/mol. The van der Waals surface area contributed by atoms with Gasteiger partial charge in [0.25, 0.3) is 0 Å². The summed E-state index contributed by atoms with van der Waals surface area (Å²) in [4.78, 5) is 19.5. The van der Waals surface area contributed by atoms with Gasteiger partial charge in [0.15, 0.2) is 5.16 Å². The van der Waals surface area contributed by atoms with Crippen LogP contribution in [-0.2, 0) is 4.79 Å². The molecule has 0 unspecified atom stereocenters. The predicted octanol–water partition coefficient (Wildman–Crippen LogP) is 2.52. The maximum absolute atomic E-state index is 11.3. The zero-order valence-corrected chi connectivity index (χ0v) is 10.5. The molecule has 1 N–H and O–H groups in total. The predicted molar refractivity (Wildman–Crippen MR) is 63.6 cm³/mol. The minimum Gasteiger partial charge on any atom is -0.480 e. The summed E-state index contributed by atoms with van der Waals surface area (Å²) < 4.78 is -0.810. The van der Waals surface area contributed by atoms with Gasteiger partial charge < -0.3 is 5.11 Å². The van der Waals surface area contributed by atoms with E-state index in [0.717, 1.165) is 5.56 Å². The van der Waals surface area contributed by atoms with E-state index >= 15 is 0 Å². The molecular formula is C11H16N2O2S. The fourth-order valence-electron chi connectivity index (χ4n) is 1.35. The third-order valence-electron chi connectivity index (χ3n) is 2.58. The highest BCUT2D eigenvalue weighted by Gasteiger charge is 2.37. The molecule has 1 heterocycles. The summed E-state index contributed by atoms with van der Waals surface area (Å²) >= 11 is 1.23. The first-order chi connectivity index (χ1) is 7.54. The van der Waals surface area contributed by atoms with Crippen molar-refractivity contribution in [2.24, 2.45) is 0 Å². The van der Waals surface area contributed by atoms with Crippen molar-refractivity contribution in [1.29, 1.82) is 0 Å². The Morgan fingerprint density at radius 2 is 1.88 bits per heavy atom. The van der Waals surface area contributed by atoms with Gasteiger partial charge in [0.05, 0.1) is 0 Å². The molecule has 0 atom stereocenters. The molecule has 1 rings (SSSR count). The number of carboxylic acid groups (broad SMARTS) is 1. The Morgan fingerprint density at radius 1 is 1.38 bits per heavy atom. The topological polar surface area (TPSA) is 63.1 Å². The number of aryl methyl sites for hydroxylation is 1. The van der Waals surface area contributed by atoms with Gasteiger partial charge >= 0.3 is 5.97 Å². The molecule has 1 aromatic heterocycles. The summed E-state index contributed by atoms with van der Waals surface area (Å²) in [5.74, 6) is -0.799. The van der Waals surface area contributed by atoms with Crippen LogP contribution in [0.1, 0.15) is 32.3 Å². The van der Waals surface area contributed by atoms with Crippen LogP contribution in [0.25, 0.3) is 0 Å². The summed E-state index contributed by atoms with van der Waals surface area (Å²) in [5, 5.41) is 9.79. The van der Waals surface area contributed by atoms with E-state index in [4.69, 9.17) is 0 Å². The van der Waals surface area contributed by atoms with Gasteiger partial charge in [-0.1, -0.05) is 25.6 Å². The quantitative estimate of drug-likeness (QED) is 0.633. The van der Waals surface area contributed by atoms with Gasteiger partial charge in [0.1, 0.15) is 4.75 Å². The molecule has 1 aromatic rings.